The van der Waals surface area contributed by atoms with Crippen molar-refractivity contribution in [2.45, 2.75) is 12.5 Å². The summed E-state index contributed by atoms with van der Waals surface area (Å²) in [5.74, 6) is -0.177. The highest BCUT2D eigenvalue weighted by molar-refractivity contribution is 5.45. The van der Waals surface area contributed by atoms with Crippen LogP contribution >= 0.6 is 0 Å². The molecule has 1 aliphatic rings. The van der Waals surface area contributed by atoms with Crippen molar-refractivity contribution in [1.29, 1.82) is 0 Å². The van der Waals surface area contributed by atoms with E-state index >= 15 is 0 Å². The summed E-state index contributed by atoms with van der Waals surface area (Å²) in [6.07, 6.45) is 1.12. The van der Waals surface area contributed by atoms with Crippen LogP contribution in [0, 0.1) is 5.82 Å². The molecule has 1 saturated heterocycles. The van der Waals surface area contributed by atoms with Gasteiger partial charge in [-0.15, -0.1) is 0 Å². The van der Waals surface area contributed by atoms with Crippen LogP contribution < -0.4 is 10.2 Å². The Hall–Kier alpha value is -1.13. The van der Waals surface area contributed by atoms with Crippen molar-refractivity contribution in [3.63, 3.8) is 0 Å². The van der Waals surface area contributed by atoms with E-state index in [2.05, 4.69) is 29.2 Å². The summed E-state index contributed by atoms with van der Waals surface area (Å²) in [5, 5.41) is 3.43. The monoisotopic (exact) mass is 251 g/mol. The Morgan fingerprint density at radius 1 is 1.39 bits per heavy atom. The van der Waals surface area contributed by atoms with Crippen LogP contribution in [-0.2, 0) is 0 Å². The second-order valence-electron chi connectivity index (χ2n) is 5.03. The molecule has 0 radical (unpaired) electrons. The minimum atomic E-state index is -0.177. The minimum absolute atomic E-state index is 0.177. The molecule has 1 aliphatic heterocycles. The summed E-state index contributed by atoms with van der Waals surface area (Å²) in [5.41, 5.74) is 1.07. The Labute approximate surface area is 109 Å². The standard InChI is InChI=1S/C14H22FN3/c1-17(13-5-3-12(15)4-6-13)9-7-14-11-16-8-10-18(14)2/h3-6,14,16H,7-11H2,1-2H3. The zero-order chi connectivity index (χ0) is 13.0. The number of halogens is 1. The highest BCUT2D eigenvalue weighted by Gasteiger charge is 2.18. The Balaban J connectivity index is 1.83. The smallest absolute Gasteiger partial charge is 0.123 e. The third kappa shape index (κ3) is 3.43. The van der Waals surface area contributed by atoms with Crippen molar-refractivity contribution < 1.29 is 4.39 Å². The molecule has 1 aromatic rings. The third-order valence-electron chi connectivity index (χ3n) is 3.71. The molecule has 2 rings (SSSR count). The van der Waals surface area contributed by atoms with Gasteiger partial charge in [0, 0.05) is 45.0 Å². The van der Waals surface area contributed by atoms with Gasteiger partial charge in [-0.3, -0.25) is 0 Å². The SMILES string of the molecule is CN(CCC1CNCCN1C)c1ccc(F)cc1. The molecule has 0 amide bonds. The van der Waals surface area contributed by atoms with Crippen LogP contribution in [0.3, 0.4) is 0 Å². The van der Waals surface area contributed by atoms with E-state index in [9.17, 15) is 4.39 Å². The largest absolute Gasteiger partial charge is 0.375 e. The molecule has 0 aromatic heterocycles. The first-order chi connectivity index (χ1) is 8.66. The van der Waals surface area contributed by atoms with Gasteiger partial charge in [0.1, 0.15) is 5.82 Å². The Kier molecular flexibility index (Phi) is 4.55. The summed E-state index contributed by atoms with van der Waals surface area (Å²) < 4.78 is 12.8. The van der Waals surface area contributed by atoms with Crippen LogP contribution in [0.15, 0.2) is 24.3 Å². The lowest BCUT2D eigenvalue weighted by molar-refractivity contribution is 0.192. The molecule has 1 fully saturated rings. The average Bonchev–Trinajstić information content (AvgIpc) is 2.38. The van der Waals surface area contributed by atoms with E-state index in [4.69, 9.17) is 0 Å². The van der Waals surface area contributed by atoms with Gasteiger partial charge in [0.2, 0.25) is 0 Å². The number of anilines is 1. The van der Waals surface area contributed by atoms with Gasteiger partial charge < -0.3 is 15.1 Å². The minimum Gasteiger partial charge on any atom is -0.375 e. The molecule has 3 nitrogen and oxygen atoms in total. The van der Waals surface area contributed by atoms with Gasteiger partial charge in [-0.05, 0) is 37.7 Å². The maximum Gasteiger partial charge on any atom is 0.123 e. The summed E-state index contributed by atoms with van der Waals surface area (Å²) in [4.78, 5) is 4.59. The topological polar surface area (TPSA) is 18.5 Å². The Morgan fingerprint density at radius 2 is 2.11 bits per heavy atom. The molecule has 0 bridgehead atoms. The third-order valence-corrected chi connectivity index (χ3v) is 3.71. The second-order valence-corrected chi connectivity index (χ2v) is 5.03. The van der Waals surface area contributed by atoms with Gasteiger partial charge in [0.15, 0.2) is 0 Å². The second kappa shape index (κ2) is 6.16. The molecular weight excluding hydrogens is 229 g/mol. The predicted molar refractivity (Wildman–Crippen MR) is 73.6 cm³/mol. The van der Waals surface area contributed by atoms with Crippen LogP contribution in [0.1, 0.15) is 6.42 Å². The van der Waals surface area contributed by atoms with E-state index in [0.29, 0.717) is 6.04 Å². The number of benzene rings is 1. The molecule has 0 saturated carbocycles. The predicted octanol–water partition coefficient (Wildman–Crippen LogP) is 1.56. The molecular formula is C14H22FN3. The zero-order valence-electron chi connectivity index (χ0n) is 11.2. The molecule has 0 aliphatic carbocycles. The number of rotatable bonds is 4. The molecule has 100 valence electrons. The van der Waals surface area contributed by atoms with Gasteiger partial charge in [-0.1, -0.05) is 0 Å². The van der Waals surface area contributed by atoms with E-state index in [1.807, 2.05) is 12.1 Å². The number of piperazine rings is 1. The van der Waals surface area contributed by atoms with Crippen LogP contribution in [0.2, 0.25) is 0 Å². The van der Waals surface area contributed by atoms with Gasteiger partial charge >= 0.3 is 0 Å². The fourth-order valence-electron chi connectivity index (χ4n) is 2.35. The van der Waals surface area contributed by atoms with E-state index in [1.54, 1.807) is 0 Å². The molecule has 18 heavy (non-hydrogen) atoms. The highest BCUT2D eigenvalue weighted by atomic mass is 19.1. The van der Waals surface area contributed by atoms with Gasteiger partial charge in [0.05, 0.1) is 0 Å². The van der Waals surface area contributed by atoms with E-state index < -0.39 is 0 Å². The first-order valence-corrected chi connectivity index (χ1v) is 6.54. The molecule has 1 aromatic carbocycles. The van der Waals surface area contributed by atoms with Crippen molar-refractivity contribution in [2.75, 3.05) is 45.2 Å². The fraction of sp³-hybridized carbons (Fsp3) is 0.571. The van der Waals surface area contributed by atoms with Crippen molar-refractivity contribution in [3.8, 4) is 0 Å². The van der Waals surface area contributed by atoms with Crippen molar-refractivity contribution in [3.05, 3.63) is 30.1 Å². The van der Waals surface area contributed by atoms with E-state index in [0.717, 1.165) is 38.3 Å². The van der Waals surface area contributed by atoms with Crippen molar-refractivity contribution >= 4 is 5.69 Å². The summed E-state index contributed by atoms with van der Waals surface area (Å²) in [7, 11) is 4.24. The molecule has 1 heterocycles. The Bertz CT molecular complexity index is 366. The van der Waals surface area contributed by atoms with Crippen molar-refractivity contribution in [2.24, 2.45) is 0 Å². The quantitative estimate of drug-likeness (QED) is 0.876. The lowest BCUT2D eigenvalue weighted by Gasteiger charge is -2.34. The first kappa shape index (κ1) is 13.3. The van der Waals surface area contributed by atoms with Gasteiger partial charge in [0.25, 0.3) is 0 Å². The van der Waals surface area contributed by atoms with Gasteiger partial charge in [-0.2, -0.15) is 0 Å². The maximum absolute atomic E-state index is 12.8. The zero-order valence-corrected chi connectivity index (χ0v) is 11.2. The summed E-state index contributed by atoms with van der Waals surface area (Å²) in [6, 6.07) is 7.29. The number of nitrogens with one attached hydrogen (secondary N) is 1. The molecule has 1 atom stereocenters. The van der Waals surface area contributed by atoms with E-state index in [-0.39, 0.29) is 5.82 Å². The number of likely N-dealkylation sites (N-methyl/N-ethyl adjacent to an activating group) is 1. The number of hydrogen-bond acceptors (Lipinski definition) is 3. The number of nitrogens with zero attached hydrogens (tertiary/aromatic N) is 2. The lowest BCUT2D eigenvalue weighted by Crippen LogP contribution is -2.50. The molecule has 1 N–H and O–H groups in total. The van der Waals surface area contributed by atoms with Gasteiger partial charge in [-0.25, -0.2) is 4.39 Å². The van der Waals surface area contributed by atoms with Crippen LogP contribution in [0.4, 0.5) is 10.1 Å². The first-order valence-electron chi connectivity index (χ1n) is 6.54. The normalized spacial score (nSPS) is 20.9. The fourth-order valence-corrected chi connectivity index (χ4v) is 2.35. The average molecular weight is 251 g/mol. The van der Waals surface area contributed by atoms with Crippen LogP contribution in [0.25, 0.3) is 0 Å². The van der Waals surface area contributed by atoms with Crippen LogP contribution in [-0.4, -0.2) is 51.2 Å². The molecule has 0 spiro atoms. The summed E-state index contributed by atoms with van der Waals surface area (Å²) >= 11 is 0. The van der Waals surface area contributed by atoms with Crippen molar-refractivity contribution in [1.82, 2.24) is 10.2 Å². The lowest BCUT2D eigenvalue weighted by atomic mass is 10.1. The number of hydrogen-bond donors (Lipinski definition) is 1. The van der Waals surface area contributed by atoms with E-state index in [1.165, 1.54) is 12.1 Å². The molecule has 4 heteroatoms. The van der Waals surface area contributed by atoms with Crippen LogP contribution in [0.5, 0.6) is 0 Å². The maximum atomic E-state index is 12.8. The molecule has 1 unspecified atom stereocenters. The highest BCUT2D eigenvalue weighted by Crippen LogP contribution is 2.14. The summed E-state index contributed by atoms with van der Waals surface area (Å²) in [6.45, 7) is 4.25. The Morgan fingerprint density at radius 3 is 2.78 bits per heavy atom.